The number of methoxy groups -OCH3 is 1. The van der Waals surface area contributed by atoms with Gasteiger partial charge in [0.1, 0.15) is 11.6 Å². The van der Waals surface area contributed by atoms with Gasteiger partial charge in [-0.25, -0.2) is 4.39 Å². The summed E-state index contributed by atoms with van der Waals surface area (Å²) in [6.07, 6.45) is 0. The smallest absolute Gasteiger partial charge is 0.132 e. The first-order chi connectivity index (χ1) is 9.22. The maximum atomic E-state index is 13.3. The number of rotatable bonds is 4. The van der Waals surface area contributed by atoms with E-state index in [1.807, 2.05) is 30.3 Å². The normalized spacial score (nSPS) is 9.95. The molecule has 0 fully saturated rings. The van der Waals surface area contributed by atoms with Crippen molar-refractivity contribution < 1.29 is 9.13 Å². The van der Waals surface area contributed by atoms with Crippen LogP contribution in [0.4, 0.5) is 4.39 Å². The van der Waals surface area contributed by atoms with Crippen LogP contribution in [0.1, 0.15) is 11.1 Å². The molecule has 0 aromatic heterocycles. The van der Waals surface area contributed by atoms with Gasteiger partial charge in [-0.05, 0) is 35.9 Å². The van der Waals surface area contributed by atoms with Gasteiger partial charge in [-0.1, -0.05) is 12.1 Å². The molecule has 0 N–H and O–H groups in total. The number of para-hydroxylation sites is 1. The Morgan fingerprint density at radius 3 is 2.79 bits per heavy atom. The Hall–Kier alpha value is -1.99. The highest BCUT2D eigenvalue weighted by Crippen LogP contribution is 2.31. The average molecular weight is 273 g/mol. The first kappa shape index (κ1) is 13.4. The minimum Gasteiger partial charge on any atom is -0.496 e. The predicted octanol–water partition coefficient (Wildman–Crippen LogP) is 4.00. The van der Waals surface area contributed by atoms with Crippen molar-refractivity contribution >= 4 is 11.8 Å². The van der Waals surface area contributed by atoms with Crippen molar-refractivity contribution in [3.05, 3.63) is 59.4 Å². The lowest BCUT2D eigenvalue weighted by Crippen LogP contribution is -1.89. The number of hydrogen-bond donors (Lipinski definition) is 0. The van der Waals surface area contributed by atoms with E-state index in [9.17, 15) is 4.39 Å². The summed E-state index contributed by atoms with van der Waals surface area (Å²) in [6.45, 7) is 0. The van der Waals surface area contributed by atoms with Crippen molar-refractivity contribution in [2.75, 3.05) is 7.11 Å². The minimum atomic E-state index is -0.380. The molecule has 0 aliphatic carbocycles. The summed E-state index contributed by atoms with van der Waals surface area (Å²) in [7, 11) is 1.62. The zero-order valence-corrected chi connectivity index (χ0v) is 11.2. The molecule has 2 aromatic carbocycles. The van der Waals surface area contributed by atoms with Crippen LogP contribution in [0, 0.1) is 17.1 Å². The number of ether oxygens (including phenoxy) is 1. The SMILES string of the molecule is COc1ccccc1SCc1cc(F)cc(C#N)c1. The molecule has 19 heavy (non-hydrogen) atoms. The van der Waals surface area contributed by atoms with Gasteiger partial charge >= 0.3 is 0 Å². The van der Waals surface area contributed by atoms with Crippen LogP contribution in [-0.4, -0.2) is 7.11 Å². The van der Waals surface area contributed by atoms with Crippen molar-refractivity contribution in [2.45, 2.75) is 10.6 Å². The van der Waals surface area contributed by atoms with E-state index in [-0.39, 0.29) is 5.82 Å². The topological polar surface area (TPSA) is 33.0 Å². The van der Waals surface area contributed by atoms with Gasteiger partial charge < -0.3 is 4.74 Å². The molecule has 0 saturated heterocycles. The van der Waals surface area contributed by atoms with Crippen LogP contribution in [-0.2, 0) is 5.75 Å². The van der Waals surface area contributed by atoms with Gasteiger partial charge in [-0.15, -0.1) is 11.8 Å². The van der Waals surface area contributed by atoms with Crippen molar-refractivity contribution in [3.63, 3.8) is 0 Å². The Morgan fingerprint density at radius 1 is 1.26 bits per heavy atom. The molecule has 0 amide bonds. The molecule has 2 rings (SSSR count). The van der Waals surface area contributed by atoms with E-state index in [1.165, 1.54) is 12.1 Å². The number of halogens is 1. The standard InChI is InChI=1S/C15H12FNOS/c1-18-14-4-2-3-5-15(14)19-10-12-6-11(9-17)7-13(16)8-12/h2-8H,10H2,1H3. The summed E-state index contributed by atoms with van der Waals surface area (Å²) in [5.74, 6) is 1.01. The fourth-order valence-corrected chi connectivity index (χ4v) is 2.65. The Labute approximate surface area is 115 Å². The molecule has 0 radical (unpaired) electrons. The third kappa shape index (κ3) is 3.49. The second kappa shape index (κ2) is 6.26. The van der Waals surface area contributed by atoms with E-state index in [0.717, 1.165) is 16.2 Å². The monoisotopic (exact) mass is 273 g/mol. The van der Waals surface area contributed by atoms with Gasteiger partial charge in [0, 0.05) is 10.6 Å². The van der Waals surface area contributed by atoms with Gasteiger partial charge in [0.05, 0.1) is 18.7 Å². The number of hydrogen-bond acceptors (Lipinski definition) is 3. The lowest BCUT2D eigenvalue weighted by atomic mass is 10.1. The molecule has 0 unspecified atom stereocenters. The first-order valence-corrected chi connectivity index (χ1v) is 6.67. The summed E-state index contributed by atoms with van der Waals surface area (Å²) in [5, 5.41) is 8.81. The van der Waals surface area contributed by atoms with E-state index in [2.05, 4.69) is 0 Å². The molecular formula is C15H12FNOS. The molecular weight excluding hydrogens is 261 g/mol. The highest BCUT2D eigenvalue weighted by Gasteiger charge is 2.05. The van der Waals surface area contributed by atoms with E-state index < -0.39 is 0 Å². The molecule has 0 aliphatic heterocycles. The highest BCUT2D eigenvalue weighted by molar-refractivity contribution is 7.98. The average Bonchev–Trinajstić information content (AvgIpc) is 2.44. The summed E-state index contributed by atoms with van der Waals surface area (Å²) >= 11 is 1.55. The molecule has 2 aromatic rings. The van der Waals surface area contributed by atoms with Gasteiger partial charge in [-0.3, -0.25) is 0 Å². The zero-order chi connectivity index (χ0) is 13.7. The van der Waals surface area contributed by atoms with E-state index in [4.69, 9.17) is 10.00 Å². The number of benzene rings is 2. The van der Waals surface area contributed by atoms with Crippen LogP contribution >= 0.6 is 11.8 Å². The minimum absolute atomic E-state index is 0.343. The Kier molecular flexibility index (Phi) is 4.43. The Bertz CT molecular complexity index is 622. The lowest BCUT2D eigenvalue weighted by molar-refractivity contribution is 0.405. The summed E-state index contributed by atoms with van der Waals surface area (Å²) in [6, 6.07) is 14.0. The fourth-order valence-electron chi connectivity index (χ4n) is 1.70. The third-order valence-electron chi connectivity index (χ3n) is 2.55. The number of nitrogens with zero attached hydrogens (tertiary/aromatic N) is 1. The van der Waals surface area contributed by atoms with Crippen LogP contribution in [0.15, 0.2) is 47.4 Å². The van der Waals surface area contributed by atoms with Gasteiger partial charge in [0.2, 0.25) is 0 Å². The van der Waals surface area contributed by atoms with E-state index >= 15 is 0 Å². The Morgan fingerprint density at radius 2 is 2.05 bits per heavy atom. The van der Waals surface area contributed by atoms with Crippen LogP contribution in [0.5, 0.6) is 5.75 Å². The van der Waals surface area contributed by atoms with Crippen molar-refractivity contribution in [3.8, 4) is 11.8 Å². The molecule has 0 atom stereocenters. The van der Waals surface area contributed by atoms with Crippen LogP contribution < -0.4 is 4.74 Å². The molecule has 4 heteroatoms. The fraction of sp³-hybridized carbons (Fsp3) is 0.133. The lowest BCUT2D eigenvalue weighted by Gasteiger charge is -2.07. The summed E-state index contributed by atoms with van der Waals surface area (Å²) in [4.78, 5) is 0.993. The largest absolute Gasteiger partial charge is 0.496 e. The highest BCUT2D eigenvalue weighted by atomic mass is 32.2. The van der Waals surface area contributed by atoms with Crippen molar-refractivity contribution in [2.24, 2.45) is 0 Å². The van der Waals surface area contributed by atoms with E-state index in [1.54, 1.807) is 24.9 Å². The maximum absolute atomic E-state index is 13.3. The van der Waals surface area contributed by atoms with Gasteiger partial charge in [0.15, 0.2) is 0 Å². The number of nitriles is 1. The van der Waals surface area contributed by atoms with Crippen LogP contribution in [0.3, 0.4) is 0 Å². The van der Waals surface area contributed by atoms with Crippen LogP contribution in [0.2, 0.25) is 0 Å². The second-order valence-electron chi connectivity index (χ2n) is 3.90. The first-order valence-electron chi connectivity index (χ1n) is 5.68. The quantitative estimate of drug-likeness (QED) is 0.789. The summed E-state index contributed by atoms with van der Waals surface area (Å²) in [5.41, 5.74) is 1.13. The van der Waals surface area contributed by atoms with Crippen molar-refractivity contribution in [1.82, 2.24) is 0 Å². The van der Waals surface area contributed by atoms with Gasteiger partial charge in [-0.2, -0.15) is 5.26 Å². The third-order valence-corrected chi connectivity index (χ3v) is 3.68. The molecule has 96 valence electrons. The zero-order valence-electron chi connectivity index (χ0n) is 10.4. The van der Waals surface area contributed by atoms with Gasteiger partial charge in [0.25, 0.3) is 0 Å². The maximum Gasteiger partial charge on any atom is 0.132 e. The molecule has 0 aliphatic rings. The predicted molar refractivity (Wildman–Crippen MR) is 73.7 cm³/mol. The van der Waals surface area contributed by atoms with Crippen LogP contribution in [0.25, 0.3) is 0 Å². The molecule has 2 nitrogen and oxygen atoms in total. The van der Waals surface area contributed by atoms with E-state index in [0.29, 0.717) is 11.3 Å². The molecule has 0 bridgehead atoms. The van der Waals surface area contributed by atoms with Crippen molar-refractivity contribution in [1.29, 1.82) is 5.26 Å². The molecule has 0 heterocycles. The molecule has 0 saturated carbocycles. The second-order valence-corrected chi connectivity index (χ2v) is 4.92. The number of thioether (sulfide) groups is 1. The Balaban J connectivity index is 2.15. The summed E-state index contributed by atoms with van der Waals surface area (Å²) < 4.78 is 18.6. The molecule has 0 spiro atoms.